The van der Waals surface area contributed by atoms with Gasteiger partial charge in [-0.3, -0.25) is 14.9 Å². The molecule has 9 heteroatoms. The van der Waals surface area contributed by atoms with Crippen LogP contribution in [0.25, 0.3) is 0 Å². The Morgan fingerprint density at radius 1 is 1.46 bits per heavy atom. The van der Waals surface area contributed by atoms with Gasteiger partial charge in [0.05, 0.1) is 4.92 Å². The van der Waals surface area contributed by atoms with Crippen molar-refractivity contribution in [2.24, 2.45) is 7.05 Å². The van der Waals surface area contributed by atoms with Crippen LogP contribution >= 0.6 is 11.3 Å². The van der Waals surface area contributed by atoms with Crippen LogP contribution in [0.15, 0.2) is 16.8 Å². The Morgan fingerprint density at radius 2 is 2.17 bits per heavy atom. The Balaban J connectivity index is 1.66. The highest BCUT2D eigenvalue weighted by atomic mass is 32.1. The van der Waals surface area contributed by atoms with Gasteiger partial charge in [-0.05, 0) is 31.2 Å². The quantitative estimate of drug-likeness (QED) is 0.674. The molecule has 0 aromatic carbocycles. The zero-order valence-electron chi connectivity index (χ0n) is 13.6. The number of aryl methyl sites for hydroxylation is 2. The molecule has 1 amide bonds. The van der Waals surface area contributed by atoms with Gasteiger partial charge in [-0.1, -0.05) is 0 Å². The third-order valence-corrected chi connectivity index (χ3v) is 4.94. The lowest BCUT2D eigenvalue weighted by Crippen LogP contribution is -2.45. The summed E-state index contributed by atoms with van der Waals surface area (Å²) in [6, 6.07) is 1.89. The molecule has 2 aromatic heterocycles. The highest BCUT2D eigenvalue weighted by Crippen LogP contribution is 2.32. The SMILES string of the molecule is Cc1nn(C)c(N2CCC(NC(=O)c3ccsc3)CC2)c1[N+](=O)[O-]. The third kappa shape index (κ3) is 3.12. The first-order chi connectivity index (χ1) is 11.5. The number of nitrogens with zero attached hydrogens (tertiary/aromatic N) is 4. The fourth-order valence-corrected chi connectivity index (χ4v) is 3.74. The van der Waals surface area contributed by atoms with E-state index in [-0.39, 0.29) is 22.6 Å². The van der Waals surface area contributed by atoms with Gasteiger partial charge in [0.15, 0.2) is 0 Å². The van der Waals surface area contributed by atoms with E-state index < -0.39 is 0 Å². The highest BCUT2D eigenvalue weighted by molar-refractivity contribution is 7.08. The molecule has 128 valence electrons. The van der Waals surface area contributed by atoms with Crippen molar-refractivity contribution in [3.63, 3.8) is 0 Å². The third-order valence-electron chi connectivity index (χ3n) is 4.26. The van der Waals surface area contributed by atoms with E-state index in [1.807, 2.05) is 15.7 Å². The maximum absolute atomic E-state index is 12.1. The average molecular weight is 349 g/mol. The molecule has 1 aliphatic rings. The second-order valence-corrected chi connectivity index (χ2v) is 6.67. The second kappa shape index (κ2) is 6.60. The minimum atomic E-state index is -0.373. The van der Waals surface area contributed by atoms with E-state index in [0.29, 0.717) is 30.2 Å². The zero-order chi connectivity index (χ0) is 17.3. The first kappa shape index (κ1) is 16.4. The van der Waals surface area contributed by atoms with Crippen molar-refractivity contribution < 1.29 is 9.72 Å². The van der Waals surface area contributed by atoms with Crippen molar-refractivity contribution in [2.45, 2.75) is 25.8 Å². The van der Waals surface area contributed by atoms with Crippen molar-refractivity contribution >= 4 is 28.7 Å². The van der Waals surface area contributed by atoms with Crippen LogP contribution in [0.4, 0.5) is 11.5 Å². The van der Waals surface area contributed by atoms with Crippen LogP contribution in [0.2, 0.25) is 0 Å². The number of piperidine rings is 1. The number of carbonyl (C=O) groups is 1. The molecule has 3 heterocycles. The number of carbonyl (C=O) groups excluding carboxylic acids is 1. The number of nitrogens with one attached hydrogen (secondary N) is 1. The van der Waals surface area contributed by atoms with Crippen LogP contribution in [0.3, 0.4) is 0 Å². The summed E-state index contributed by atoms with van der Waals surface area (Å²) in [4.78, 5) is 25.0. The summed E-state index contributed by atoms with van der Waals surface area (Å²) in [6.07, 6.45) is 1.49. The molecule has 0 atom stereocenters. The number of nitro groups is 1. The second-order valence-electron chi connectivity index (χ2n) is 5.89. The van der Waals surface area contributed by atoms with E-state index in [2.05, 4.69) is 10.4 Å². The van der Waals surface area contributed by atoms with Crippen molar-refractivity contribution in [3.8, 4) is 0 Å². The van der Waals surface area contributed by atoms with E-state index in [0.717, 1.165) is 12.8 Å². The topological polar surface area (TPSA) is 93.3 Å². The van der Waals surface area contributed by atoms with E-state index in [4.69, 9.17) is 0 Å². The molecule has 0 radical (unpaired) electrons. The normalized spacial score (nSPS) is 15.5. The molecule has 1 saturated heterocycles. The molecule has 8 nitrogen and oxygen atoms in total. The van der Waals surface area contributed by atoms with E-state index >= 15 is 0 Å². The van der Waals surface area contributed by atoms with Crippen LogP contribution in [0.5, 0.6) is 0 Å². The number of amides is 1. The zero-order valence-corrected chi connectivity index (χ0v) is 14.4. The van der Waals surface area contributed by atoms with Crippen LogP contribution in [-0.2, 0) is 7.05 Å². The summed E-state index contributed by atoms with van der Waals surface area (Å²) in [5.74, 6) is 0.483. The predicted molar refractivity (Wildman–Crippen MR) is 91.6 cm³/mol. The van der Waals surface area contributed by atoms with E-state index in [9.17, 15) is 14.9 Å². The van der Waals surface area contributed by atoms with Gasteiger partial charge < -0.3 is 10.2 Å². The van der Waals surface area contributed by atoms with Crippen LogP contribution in [-0.4, -0.2) is 39.7 Å². The number of rotatable bonds is 4. The molecule has 0 bridgehead atoms. The summed E-state index contributed by atoms with van der Waals surface area (Å²) in [6.45, 7) is 2.94. The fourth-order valence-electron chi connectivity index (χ4n) is 3.10. The molecular weight excluding hydrogens is 330 g/mol. The van der Waals surface area contributed by atoms with E-state index in [1.165, 1.54) is 11.3 Å². The maximum Gasteiger partial charge on any atom is 0.333 e. The van der Waals surface area contributed by atoms with Crippen molar-refractivity contribution in [2.75, 3.05) is 18.0 Å². The maximum atomic E-state index is 12.1. The van der Waals surface area contributed by atoms with Gasteiger partial charge >= 0.3 is 5.69 Å². The molecule has 3 rings (SSSR count). The van der Waals surface area contributed by atoms with Crippen molar-refractivity contribution in [1.82, 2.24) is 15.1 Å². The number of hydrogen-bond acceptors (Lipinski definition) is 6. The summed E-state index contributed by atoms with van der Waals surface area (Å²) < 4.78 is 1.57. The number of anilines is 1. The number of aromatic nitrogens is 2. The van der Waals surface area contributed by atoms with Crippen molar-refractivity contribution in [3.05, 3.63) is 38.2 Å². The van der Waals surface area contributed by atoms with Gasteiger partial charge in [-0.25, -0.2) is 4.68 Å². The molecule has 1 aliphatic heterocycles. The molecule has 1 N–H and O–H groups in total. The molecule has 0 unspecified atom stereocenters. The molecule has 0 saturated carbocycles. The van der Waals surface area contributed by atoms with Crippen molar-refractivity contribution in [1.29, 1.82) is 0 Å². The largest absolute Gasteiger partial charge is 0.351 e. The first-order valence-electron chi connectivity index (χ1n) is 7.73. The minimum Gasteiger partial charge on any atom is -0.351 e. The van der Waals surface area contributed by atoms with Crippen LogP contribution < -0.4 is 10.2 Å². The monoisotopic (exact) mass is 349 g/mol. The molecule has 0 spiro atoms. The van der Waals surface area contributed by atoms with Gasteiger partial charge in [0.25, 0.3) is 5.91 Å². The first-order valence-corrected chi connectivity index (χ1v) is 8.67. The van der Waals surface area contributed by atoms with Crippen LogP contribution in [0.1, 0.15) is 28.9 Å². The minimum absolute atomic E-state index is 0.0583. The fraction of sp³-hybridized carbons (Fsp3) is 0.467. The average Bonchev–Trinajstić information content (AvgIpc) is 3.16. The lowest BCUT2D eigenvalue weighted by molar-refractivity contribution is -0.384. The molecule has 1 fully saturated rings. The summed E-state index contributed by atoms with van der Waals surface area (Å²) in [7, 11) is 1.72. The van der Waals surface area contributed by atoms with Crippen LogP contribution in [0, 0.1) is 17.0 Å². The Labute approximate surface area is 143 Å². The number of thiophene rings is 1. The molecule has 24 heavy (non-hydrogen) atoms. The Hall–Kier alpha value is -2.42. The molecule has 0 aliphatic carbocycles. The lowest BCUT2D eigenvalue weighted by Gasteiger charge is -2.33. The Morgan fingerprint density at radius 3 is 2.75 bits per heavy atom. The summed E-state index contributed by atoms with van der Waals surface area (Å²) in [5, 5.41) is 22.2. The predicted octanol–water partition coefficient (Wildman–Crippen LogP) is 2.10. The highest BCUT2D eigenvalue weighted by Gasteiger charge is 2.31. The number of hydrogen-bond donors (Lipinski definition) is 1. The standard InChI is InChI=1S/C15H19N5O3S/c1-10-13(20(22)23)15(18(2)17-10)19-6-3-12(4-7-19)16-14(21)11-5-8-24-9-11/h5,8-9,12H,3-4,6-7H2,1-2H3,(H,16,21). The summed E-state index contributed by atoms with van der Waals surface area (Å²) in [5.41, 5.74) is 1.17. The van der Waals surface area contributed by atoms with Gasteiger partial charge in [-0.2, -0.15) is 16.4 Å². The van der Waals surface area contributed by atoms with Gasteiger partial charge in [-0.15, -0.1) is 0 Å². The van der Waals surface area contributed by atoms with Gasteiger partial charge in [0.1, 0.15) is 5.69 Å². The smallest absolute Gasteiger partial charge is 0.333 e. The Bertz CT molecular complexity index is 748. The summed E-state index contributed by atoms with van der Waals surface area (Å²) >= 11 is 1.49. The molecular formula is C15H19N5O3S. The van der Waals surface area contributed by atoms with Gasteiger partial charge in [0, 0.05) is 37.1 Å². The Kier molecular flexibility index (Phi) is 4.52. The lowest BCUT2D eigenvalue weighted by atomic mass is 10.0. The van der Waals surface area contributed by atoms with Gasteiger partial charge in [0.2, 0.25) is 5.82 Å². The molecule has 2 aromatic rings. The van der Waals surface area contributed by atoms with E-state index in [1.54, 1.807) is 24.7 Å².